The second kappa shape index (κ2) is 6.18. The minimum atomic E-state index is -0.469. The third-order valence-corrected chi connectivity index (χ3v) is 4.60. The summed E-state index contributed by atoms with van der Waals surface area (Å²) in [6.45, 7) is -0.0957. The number of ether oxygens (including phenoxy) is 1. The third kappa shape index (κ3) is 3.36. The fraction of sp³-hybridized carbons (Fsp3) is 0.312. The van der Waals surface area contributed by atoms with Gasteiger partial charge in [-0.2, -0.15) is 0 Å². The first kappa shape index (κ1) is 13.9. The number of nitrogens with one attached hydrogen (secondary N) is 1. The van der Waals surface area contributed by atoms with E-state index in [-0.39, 0.29) is 6.61 Å². The lowest BCUT2D eigenvalue weighted by Gasteiger charge is -2.25. The van der Waals surface area contributed by atoms with E-state index >= 15 is 0 Å². The summed E-state index contributed by atoms with van der Waals surface area (Å²) in [7, 11) is 0. The van der Waals surface area contributed by atoms with Gasteiger partial charge in [-0.15, -0.1) is 11.3 Å². The van der Waals surface area contributed by atoms with Crippen molar-refractivity contribution in [3.05, 3.63) is 46.2 Å². The van der Waals surface area contributed by atoms with E-state index in [2.05, 4.69) is 16.8 Å². The van der Waals surface area contributed by atoms with Crippen molar-refractivity contribution >= 4 is 22.9 Å². The first-order valence-electron chi connectivity index (χ1n) is 7.06. The van der Waals surface area contributed by atoms with E-state index in [0.29, 0.717) is 11.8 Å². The second-order valence-electron chi connectivity index (χ2n) is 5.17. The number of amides is 1. The number of primary amides is 1. The molecule has 0 aliphatic heterocycles. The summed E-state index contributed by atoms with van der Waals surface area (Å²) in [5.74, 6) is 0.184. The minimum Gasteiger partial charge on any atom is -0.484 e. The molecule has 110 valence electrons. The van der Waals surface area contributed by atoms with Gasteiger partial charge in [0.25, 0.3) is 5.91 Å². The summed E-state index contributed by atoms with van der Waals surface area (Å²) in [5.41, 5.74) is 7.50. The molecule has 0 bridgehead atoms. The van der Waals surface area contributed by atoms with Crippen LogP contribution >= 0.6 is 11.3 Å². The zero-order chi connectivity index (χ0) is 14.7. The van der Waals surface area contributed by atoms with Crippen LogP contribution in [0.15, 0.2) is 35.7 Å². The van der Waals surface area contributed by atoms with Crippen LogP contribution in [0.5, 0.6) is 5.75 Å². The van der Waals surface area contributed by atoms with Crippen LogP contribution in [0.2, 0.25) is 0 Å². The molecule has 1 amide bonds. The predicted octanol–water partition coefficient (Wildman–Crippen LogP) is 3.10. The average Bonchev–Trinajstić information content (AvgIpc) is 2.95. The molecule has 2 aromatic rings. The van der Waals surface area contributed by atoms with Crippen molar-refractivity contribution in [2.24, 2.45) is 5.73 Å². The van der Waals surface area contributed by atoms with Gasteiger partial charge in [-0.25, -0.2) is 0 Å². The van der Waals surface area contributed by atoms with Crippen molar-refractivity contribution in [1.82, 2.24) is 0 Å². The van der Waals surface area contributed by atoms with Crippen LogP contribution in [-0.4, -0.2) is 12.5 Å². The minimum absolute atomic E-state index is 0.0957. The molecule has 5 heteroatoms. The highest BCUT2D eigenvalue weighted by atomic mass is 32.1. The van der Waals surface area contributed by atoms with Crippen molar-refractivity contribution < 1.29 is 9.53 Å². The van der Waals surface area contributed by atoms with E-state index in [1.165, 1.54) is 23.3 Å². The van der Waals surface area contributed by atoms with E-state index in [4.69, 9.17) is 10.5 Å². The molecule has 0 spiro atoms. The molecule has 0 saturated heterocycles. The van der Waals surface area contributed by atoms with Crippen molar-refractivity contribution in [1.29, 1.82) is 0 Å². The van der Waals surface area contributed by atoms with Gasteiger partial charge in [0.1, 0.15) is 5.75 Å². The molecule has 0 saturated carbocycles. The smallest absolute Gasteiger partial charge is 0.255 e. The average molecular weight is 302 g/mol. The van der Waals surface area contributed by atoms with E-state index < -0.39 is 5.91 Å². The van der Waals surface area contributed by atoms with E-state index in [9.17, 15) is 4.79 Å². The topological polar surface area (TPSA) is 64.4 Å². The Kier molecular flexibility index (Phi) is 4.10. The molecule has 3 rings (SSSR count). The van der Waals surface area contributed by atoms with Gasteiger partial charge >= 0.3 is 0 Å². The molecule has 1 heterocycles. The normalized spacial score (nSPS) is 17.0. The molecular formula is C16H18N2O2S. The first-order valence-corrected chi connectivity index (χ1v) is 7.94. The highest BCUT2D eigenvalue weighted by Gasteiger charge is 2.20. The number of rotatable bonds is 5. The molecule has 1 aliphatic carbocycles. The van der Waals surface area contributed by atoms with Crippen LogP contribution in [0.3, 0.4) is 0 Å². The van der Waals surface area contributed by atoms with Gasteiger partial charge in [-0.3, -0.25) is 4.79 Å². The molecule has 1 aliphatic rings. The number of hydrogen-bond acceptors (Lipinski definition) is 4. The number of fused-ring (bicyclic) bond motifs is 1. The standard InChI is InChI=1S/C16H18N2O2S/c17-16(19)10-20-12-4-1-3-11(9-12)18-14-5-2-6-15-13(14)7-8-21-15/h1,3-4,7-9,14,18H,2,5-6,10H2,(H2,17,19). The molecule has 21 heavy (non-hydrogen) atoms. The Bertz CT molecular complexity index is 639. The summed E-state index contributed by atoms with van der Waals surface area (Å²) in [6.07, 6.45) is 3.53. The molecule has 1 aromatic carbocycles. The third-order valence-electron chi connectivity index (χ3n) is 3.61. The molecule has 1 atom stereocenters. The summed E-state index contributed by atoms with van der Waals surface area (Å²) in [6, 6.07) is 10.2. The Labute approximate surface area is 127 Å². The quantitative estimate of drug-likeness (QED) is 0.892. The van der Waals surface area contributed by atoms with E-state index in [1.807, 2.05) is 35.6 Å². The number of nitrogens with two attached hydrogens (primary N) is 1. The van der Waals surface area contributed by atoms with Crippen LogP contribution in [-0.2, 0) is 11.2 Å². The molecule has 0 radical (unpaired) electrons. The lowest BCUT2D eigenvalue weighted by atomic mass is 9.94. The molecule has 3 N–H and O–H groups in total. The zero-order valence-electron chi connectivity index (χ0n) is 11.7. The predicted molar refractivity (Wildman–Crippen MR) is 84.8 cm³/mol. The summed E-state index contributed by atoms with van der Waals surface area (Å²) < 4.78 is 5.34. The van der Waals surface area contributed by atoms with Crippen LogP contribution in [0.1, 0.15) is 29.3 Å². The van der Waals surface area contributed by atoms with Crippen molar-refractivity contribution in [2.75, 3.05) is 11.9 Å². The van der Waals surface area contributed by atoms with Gasteiger partial charge in [-0.05, 0) is 48.4 Å². The monoisotopic (exact) mass is 302 g/mol. The Hall–Kier alpha value is -2.01. The number of aryl methyl sites for hydroxylation is 1. The maximum Gasteiger partial charge on any atom is 0.255 e. The van der Waals surface area contributed by atoms with Crippen molar-refractivity contribution in [2.45, 2.75) is 25.3 Å². The van der Waals surface area contributed by atoms with Crippen LogP contribution in [0.4, 0.5) is 5.69 Å². The van der Waals surface area contributed by atoms with Gasteiger partial charge in [0, 0.05) is 16.6 Å². The summed E-state index contributed by atoms with van der Waals surface area (Å²) >= 11 is 1.84. The van der Waals surface area contributed by atoms with E-state index in [1.54, 1.807) is 0 Å². The number of thiophene rings is 1. The van der Waals surface area contributed by atoms with Crippen LogP contribution in [0.25, 0.3) is 0 Å². The highest BCUT2D eigenvalue weighted by molar-refractivity contribution is 7.10. The number of benzene rings is 1. The Balaban J connectivity index is 1.71. The first-order chi connectivity index (χ1) is 10.2. The Morgan fingerprint density at radius 2 is 2.33 bits per heavy atom. The van der Waals surface area contributed by atoms with Gasteiger partial charge in [0.2, 0.25) is 0 Å². The number of carbonyl (C=O) groups is 1. The highest BCUT2D eigenvalue weighted by Crippen LogP contribution is 2.35. The van der Waals surface area contributed by atoms with Crippen molar-refractivity contribution in [3.8, 4) is 5.75 Å². The maximum atomic E-state index is 10.8. The van der Waals surface area contributed by atoms with Gasteiger partial charge in [-0.1, -0.05) is 6.07 Å². The molecule has 1 unspecified atom stereocenters. The fourth-order valence-corrected chi connectivity index (χ4v) is 3.66. The number of carbonyl (C=O) groups excluding carboxylic acids is 1. The zero-order valence-corrected chi connectivity index (χ0v) is 12.5. The van der Waals surface area contributed by atoms with Crippen molar-refractivity contribution in [3.63, 3.8) is 0 Å². The number of anilines is 1. The maximum absolute atomic E-state index is 10.8. The summed E-state index contributed by atoms with van der Waals surface area (Å²) in [4.78, 5) is 12.3. The lowest BCUT2D eigenvalue weighted by Crippen LogP contribution is -2.20. The summed E-state index contributed by atoms with van der Waals surface area (Å²) in [5, 5.41) is 5.73. The molecular weight excluding hydrogens is 284 g/mol. The Morgan fingerprint density at radius 1 is 1.43 bits per heavy atom. The van der Waals surface area contributed by atoms with Gasteiger partial charge in [0.05, 0.1) is 6.04 Å². The number of hydrogen-bond donors (Lipinski definition) is 2. The SMILES string of the molecule is NC(=O)COc1cccc(NC2CCCc3sccc32)c1. The lowest BCUT2D eigenvalue weighted by molar-refractivity contribution is -0.119. The second-order valence-corrected chi connectivity index (χ2v) is 6.17. The van der Waals surface area contributed by atoms with Gasteiger partial charge in [0.15, 0.2) is 6.61 Å². The van der Waals surface area contributed by atoms with E-state index in [0.717, 1.165) is 12.1 Å². The molecule has 4 nitrogen and oxygen atoms in total. The van der Waals surface area contributed by atoms with Crippen LogP contribution in [0, 0.1) is 0 Å². The fourth-order valence-electron chi connectivity index (χ4n) is 2.67. The largest absolute Gasteiger partial charge is 0.484 e. The molecule has 1 aromatic heterocycles. The molecule has 0 fully saturated rings. The van der Waals surface area contributed by atoms with Gasteiger partial charge < -0.3 is 15.8 Å². The Morgan fingerprint density at radius 3 is 3.19 bits per heavy atom. The van der Waals surface area contributed by atoms with Crippen LogP contribution < -0.4 is 15.8 Å².